The molecule has 172 valence electrons. The van der Waals surface area contributed by atoms with E-state index in [1.54, 1.807) is 0 Å². The number of nitrogens with one attached hydrogen (secondary N) is 1. The van der Waals surface area contributed by atoms with E-state index in [-0.39, 0.29) is 22.0 Å². The van der Waals surface area contributed by atoms with Crippen LogP contribution in [0.1, 0.15) is 40.9 Å². The van der Waals surface area contributed by atoms with Crippen molar-refractivity contribution in [1.29, 1.82) is 0 Å². The van der Waals surface area contributed by atoms with Crippen molar-refractivity contribution >= 4 is 25.6 Å². The van der Waals surface area contributed by atoms with Crippen molar-refractivity contribution in [2.75, 3.05) is 19.9 Å². The van der Waals surface area contributed by atoms with Gasteiger partial charge in [0.25, 0.3) is 0 Å². The molecular formula is C22H26N2O6S2. The molecule has 1 N–H and O–H groups in total. The van der Waals surface area contributed by atoms with Crippen LogP contribution in [0.5, 0.6) is 5.75 Å². The SMILES string of the molecule is CNS(=O)(=O)c1ccc(S(=O)(=O)CC(=O)Cc2c3c(nc4c2CCC4)CCC3)c(OC)c1. The standard InChI is InChI=1S/C22H26N2O6S2/c1-23-32(28,29)15-9-10-22(21(12-15)30-2)31(26,27)13-14(25)11-18-16-5-3-7-19(16)24-20-8-4-6-17(18)20/h9-10,12,23H,3-8,11,13H2,1-2H3. The minimum atomic E-state index is -4.02. The molecule has 1 aromatic heterocycles. The molecule has 10 heteroatoms. The molecule has 2 aromatic rings. The fourth-order valence-electron chi connectivity index (χ4n) is 4.64. The molecule has 4 rings (SSSR count). The Labute approximate surface area is 188 Å². The summed E-state index contributed by atoms with van der Waals surface area (Å²) in [4.78, 5) is 17.4. The number of hydrogen-bond acceptors (Lipinski definition) is 7. The summed E-state index contributed by atoms with van der Waals surface area (Å²) >= 11 is 0. The minimum Gasteiger partial charge on any atom is -0.495 e. The molecule has 0 fully saturated rings. The first-order valence-electron chi connectivity index (χ1n) is 10.5. The second-order valence-electron chi connectivity index (χ2n) is 8.14. The maximum atomic E-state index is 13.0. The van der Waals surface area contributed by atoms with Crippen LogP contribution < -0.4 is 9.46 Å². The van der Waals surface area contributed by atoms with Gasteiger partial charge >= 0.3 is 0 Å². The second kappa shape index (κ2) is 8.57. The molecule has 0 spiro atoms. The van der Waals surface area contributed by atoms with Crippen LogP contribution in [0, 0.1) is 0 Å². The van der Waals surface area contributed by atoms with Crippen LogP contribution in [0.4, 0.5) is 0 Å². The summed E-state index contributed by atoms with van der Waals surface area (Å²) in [7, 11) is -5.27. The smallest absolute Gasteiger partial charge is 0.240 e. The Hall–Kier alpha value is -2.30. The third kappa shape index (κ3) is 4.18. The molecule has 0 bridgehead atoms. The second-order valence-corrected chi connectivity index (χ2v) is 12.0. The lowest BCUT2D eigenvalue weighted by Crippen LogP contribution is -2.21. The molecule has 2 aliphatic rings. The average molecular weight is 479 g/mol. The van der Waals surface area contributed by atoms with E-state index in [0.717, 1.165) is 72.7 Å². The zero-order chi connectivity index (χ0) is 23.1. The molecule has 0 amide bonds. The largest absolute Gasteiger partial charge is 0.495 e. The molecular weight excluding hydrogens is 452 g/mol. The Morgan fingerprint density at radius 1 is 1.03 bits per heavy atom. The van der Waals surface area contributed by atoms with E-state index in [0.29, 0.717) is 0 Å². The Kier molecular flexibility index (Phi) is 6.12. The van der Waals surface area contributed by atoms with Crippen LogP contribution in [0.25, 0.3) is 0 Å². The number of sulfone groups is 1. The summed E-state index contributed by atoms with van der Waals surface area (Å²) in [5, 5.41) is 0. The van der Waals surface area contributed by atoms with Gasteiger partial charge in [0.05, 0.1) is 12.0 Å². The van der Waals surface area contributed by atoms with Crippen LogP contribution in [0.3, 0.4) is 0 Å². The Morgan fingerprint density at radius 2 is 1.66 bits per heavy atom. The number of methoxy groups -OCH3 is 1. The average Bonchev–Trinajstić information content (AvgIpc) is 3.42. The number of rotatable bonds is 8. The number of ether oxygens (including phenoxy) is 1. The molecule has 0 radical (unpaired) electrons. The van der Waals surface area contributed by atoms with Crippen molar-refractivity contribution in [2.24, 2.45) is 0 Å². The highest BCUT2D eigenvalue weighted by atomic mass is 32.2. The van der Waals surface area contributed by atoms with Crippen molar-refractivity contribution in [1.82, 2.24) is 9.71 Å². The van der Waals surface area contributed by atoms with Crippen LogP contribution in [-0.4, -0.2) is 47.5 Å². The third-order valence-corrected chi connectivity index (χ3v) is 9.27. The number of fused-ring (bicyclic) bond motifs is 2. The number of nitrogens with zero attached hydrogens (tertiary/aromatic N) is 1. The van der Waals surface area contributed by atoms with Crippen molar-refractivity contribution in [2.45, 2.75) is 54.7 Å². The van der Waals surface area contributed by atoms with Crippen LogP contribution in [0.2, 0.25) is 0 Å². The molecule has 0 aliphatic heterocycles. The van der Waals surface area contributed by atoms with E-state index in [1.807, 2.05) is 0 Å². The normalized spacial score (nSPS) is 15.4. The number of carbonyl (C=O) groups excluding carboxylic acids is 1. The van der Waals surface area contributed by atoms with Crippen LogP contribution >= 0.6 is 0 Å². The van der Waals surface area contributed by atoms with Gasteiger partial charge in [-0.15, -0.1) is 0 Å². The topological polar surface area (TPSA) is 120 Å². The summed E-state index contributed by atoms with van der Waals surface area (Å²) in [5.74, 6) is -1.18. The fraction of sp³-hybridized carbons (Fsp3) is 0.455. The first-order chi connectivity index (χ1) is 15.2. The van der Waals surface area contributed by atoms with Crippen molar-refractivity contribution in [3.05, 3.63) is 46.3 Å². The van der Waals surface area contributed by atoms with E-state index in [4.69, 9.17) is 9.72 Å². The molecule has 0 unspecified atom stereocenters. The maximum absolute atomic E-state index is 13.0. The van der Waals surface area contributed by atoms with Crippen LogP contribution in [-0.2, 0) is 56.8 Å². The predicted molar refractivity (Wildman–Crippen MR) is 118 cm³/mol. The lowest BCUT2D eigenvalue weighted by atomic mass is 9.96. The van der Waals surface area contributed by atoms with Gasteiger partial charge in [-0.05, 0) is 74.4 Å². The highest BCUT2D eigenvalue weighted by Gasteiger charge is 2.29. The molecule has 32 heavy (non-hydrogen) atoms. The van der Waals surface area contributed by atoms with E-state index >= 15 is 0 Å². The molecule has 0 saturated heterocycles. The summed E-state index contributed by atoms with van der Waals surface area (Å²) in [6, 6.07) is 3.51. The Balaban J connectivity index is 1.61. The van der Waals surface area contributed by atoms with Gasteiger partial charge in [-0.2, -0.15) is 0 Å². The van der Waals surface area contributed by atoms with E-state index < -0.39 is 31.4 Å². The fourth-order valence-corrected chi connectivity index (χ4v) is 6.79. The zero-order valence-corrected chi connectivity index (χ0v) is 19.7. The third-order valence-electron chi connectivity index (χ3n) is 6.15. The Morgan fingerprint density at radius 3 is 2.22 bits per heavy atom. The van der Waals surface area contributed by atoms with E-state index in [9.17, 15) is 21.6 Å². The number of sulfonamides is 1. The number of Topliss-reactive ketones (excluding diaryl/α,β-unsaturated/α-hetero) is 1. The van der Waals surface area contributed by atoms with Gasteiger partial charge < -0.3 is 4.74 Å². The zero-order valence-electron chi connectivity index (χ0n) is 18.1. The molecule has 0 atom stereocenters. The summed E-state index contributed by atoms with van der Waals surface area (Å²) in [6.07, 6.45) is 5.64. The van der Waals surface area contributed by atoms with Gasteiger partial charge in [-0.25, -0.2) is 21.6 Å². The van der Waals surface area contributed by atoms with E-state index in [2.05, 4.69) is 4.72 Å². The molecule has 8 nitrogen and oxygen atoms in total. The van der Waals surface area contributed by atoms with E-state index in [1.165, 1.54) is 26.3 Å². The van der Waals surface area contributed by atoms with Crippen molar-refractivity contribution < 1.29 is 26.4 Å². The number of ketones is 1. The summed E-state index contributed by atoms with van der Waals surface area (Å²) in [5.41, 5.74) is 5.33. The Bertz CT molecular complexity index is 1270. The highest BCUT2D eigenvalue weighted by Crippen LogP contribution is 2.34. The molecule has 0 saturated carbocycles. The number of aryl methyl sites for hydroxylation is 2. The lowest BCUT2D eigenvalue weighted by molar-refractivity contribution is -0.116. The van der Waals surface area contributed by atoms with Gasteiger partial charge in [-0.3, -0.25) is 9.78 Å². The summed E-state index contributed by atoms with van der Waals surface area (Å²) < 4.78 is 57.4. The van der Waals surface area contributed by atoms with Gasteiger partial charge in [-0.1, -0.05) is 0 Å². The lowest BCUT2D eigenvalue weighted by Gasteiger charge is -2.14. The monoisotopic (exact) mass is 478 g/mol. The summed E-state index contributed by atoms with van der Waals surface area (Å²) in [6.45, 7) is 0. The molecule has 1 aromatic carbocycles. The predicted octanol–water partition coefficient (Wildman–Crippen LogP) is 1.56. The number of aromatic nitrogens is 1. The minimum absolute atomic E-state index is 0.0704. The highest BCUT2D eigenvalue weighted by molar-refractivity contribution is 7.92. The first kappa shape index (κ1) is 22.9. The molecule has 2 aliphatic carbocycles. The van der Waals surface area contributed by atoms with Gasteiger partial charge in [0.15, 0.2) is 15.6 Å². The number of benzene rings is 1. The number of hydrogen-bond donors (Lipinski definition) is 1. The van der Waals surface area contributed by atoms with Crippen LogP contribution in [0.15, 0.2) is 28.0 Å². The van der Waals surface area contributed by atoms with Crippen molar-refractivity contribution in [3.63, 3.8) is 0 Å². The van der Waals surface area contributed by atoms with Gasteiger partial charge in [0.2, 0.25) is 10.0 Å². The van der Waals surface area contributed by atoms with Gasteiger partial charge in [0.1, 0.15) is 16.4 Å². The quantitative estimate of drug-likeness (QED) is 0.611. The first-order valence-corrected chi connectivity index (χ1v) is 13.7. The maximum Gasteiger partial charge on any atom is 0.240 e. The number of carbonyl (C=O) groups is 1. The van der Waals surface area contributed by atoms with Gasteiger partial charge in [0, 0.05) is 23.9 Å². The number of pyridine rings is 1. The molecule has 1 heterocycles. The van der Waals surface area contributed by atoms with Crippen molar-refractivity contribution in [3.8, 4) is 5.75 Å².